The normalized spacial score (nSPS) is 14.2. The molecule has 70 valence electrons. The van der Waals surface area contributed by atoms with Gasteiger partial charge in [0.05, 0.1) is 0 Å². The predicted molar refractivity (Wildman–Crippen MR) is 50.0 cm³/mol. The molecule has 4 nitrogen and oxygen atoms in total. The number of nitrogens with zero attached hydrogens (tertiary/aromatic N) is 1. The Morgan fingerprint density at radius 3 is 2.31 bits per heavy atom. The van der Waals surface area contributed by atoms with Crippen LogP contribution in [0.4, 0.5) is 0 Å². The molecule has 0 aliphatic heterocycles. The number of amides is 1. The van der Waals surface area contributed by atoms with E-state index in [9.17, 15) is 4.79 Å². The molecule has 1 aromatic heterocycles. The van der Waals surface area contributed by atoms with Crippen molar-refractivity contribution in [3.05, 3.63) is 30.1 Å². The molecule has 0 bridgehead atoms. The zero-order valence-corrected chi connectivity index (χ0v) is 7.31. The topological polar surface area (TPSA) is 82.0 Å². The molecule has 1 fully saturated rings. The second-order valence-electron chi connectivity index (χ2n) is 2.92. The lowest BCUT2D eigenvalue weighted by Gasteiger charge is -1.88. The second kappa shape index (κ2) is 4.57. The minimum absolute atomic E-state index is 0.303. The Morgan fingerprint density at radius 1 is 1.46 bits per heavy atom. The Balaban J connectivity index is 0.000000175. The fraction of sp³-hybridized carbons (Fsp3) is 0.333. The van der Waals surface area contributed by atoms with Crippen LogP contribution in [0, 0.1) is 0 Å². The minimum Gasteiger partial charge on any atom is -0.364 e. The van der Waals surface area contributed by atoms with Gasteiger partial charge in [-0.2, -0.15) is 0 Å². The van der Waals surface area contributed by atoms with Gasteiger partial charge < -0.3 is 11.5 Å². The Kier molecular flexibility index (Phi) is 3.40. The zero-order valence-electron chi connectivity index (χ0n) is 7.31. The summed E-state index contributed by atoms with van der Waals surface area (Å²) in [6.07, 6.45) is 4.06. The summed E-state index contributed by atoms with van der Waals surface area (Å²) in [4.78, 5) is 14.1. The maximum absolute atomic E-state index is 10.4. The molecule has 0 spiro atoms. The van der Waals surface area contributed by atoms with E-state index in [4.69, 9.17) is 11.5 Å². The number of rotatable bonds is 1. The van der Waals surface area contributed by atoms with Crippen molar-refractivity contribution in [2.45, 2.75) is 18.9 Å². The monoisotopic (exact) mass is 179 g/mol. The van der Waals surface area contributed by atoms with Crippen LogP contribution in [0.2, 0.25) is 0 Å². The third kappa shape index (κ3) is 4.22. The summed E-state index contributed by atoms with van der Waals surface area (Å²) >= 11 is 0. The molecule has 0 aromatic carbocycles. The van der Waals surface area contributed by atoms with Gasteiger partial charge in [0.25, 0.3) is 5.91 Å². The molecule has 1 aliphatic carbocycles. The maximum Gasteiger partial charge on any atom is 0.267 e. The summed E-state index contributed by atoms with van der Waals surface area (Å²) in [5, 5.41) is 0. The fourth-order valence-corrected chi connectivity index (χ4v) is 0.605. The number of primary amides is 1. The fourth-order valence-electron chi connectivity index (χ4n) is 0.605. The van der Waals surface area contributed by atoms with Crippen molar-refractivity contribution in [1.29, 1.82) is 0 Å². The summed E-state index contributed by atoms with van der Waals surface area (Å²) in [6.45, 7) is 0. The van der Waals surface area contributed by atoms with E-state index in [-0.39, 0.29) is 0 Å². The van der Waals surface area contributed by atoms with Crippen LogP contribution in [-0.2, 0) is 0 Å². The van der Waals surface area contributed by atoms with Crippen LogP contribution in [-0.4, -0.2) is 16.9 Å². The summed E-state index contributed by atoms with van der Waals surface area (Å²) in [5.41, 5.74) is 10.4. The van der Waals surface area contributed by atoms with Gasteiger partial charge in [0, 0.05) is 12.2 Å². The average molecular weight is 179 g/mol. The number of carbonyl (C=O) groups excluding carboxylic acids is 1. The average Bonchev–Trinajstić information content (AvgIpc) is 2.90. The number of carbonyl (C=O) groups is 1. The number of nitrogens with two attached hydrogens (primary N) is 2. The van der Waals surface area contributed by atoms with Crippen molar-refractivity contribution in [2.24, 2.45) is 11.5 Å². The first-order valence-corrected chi connectivity index (χ1v) is 4.16. The largest absolute Gasteiger partial charge is 0.364 e. The highest BCUT2D eigenvalue weighted by Crippen LogP contribution is 2.13. The van der Waals surface area contributed by atoms with Gasteiger partial charge in [-0.1, -0.05) is 6.07 Å². The van der Waals surface area contributed by atoms with Crippen molar-refractivity contribution in [2.75, 3.05) is 0 Å². The first-order valence-electron chi connectivity index (χ1n) is 4.16. The van der Waals surface area contributed by atoms with Gasteiger partial charge in [0.2, 0.25) is 0 Å². The molecule has 1 amide bonds. The summed E-state index contributed by atoms with van der Waals surface area (Å²) in [5.74, 6) is -0.490. The quantitative estimate of drug-likeness (QED) is 0.650. The molecular weight excluding hydrogens is 166 g/mol. The highest BCUT2D eigenvalue weighted by Gasteiger charge is 2.13. The van der Waals surface area contributed by atoms with Crippen LogP contribution in [0.15, 0.2) is 24.4 Å². The van der Waals surface area contributed by atoms with E-state index in [1.165, 1.54) is 19.0 Å². The summed E-state index contributed by atoms with van der Waals surface area (Å²) in [7, 11) is 0. The lowest BCUT2D eigenvalue weighted by Crippen LogP contribution is -2.12. The lowest BCUT2D eigenvalue weighted by atomic mass is 10.3. The minimum atomic E-state index is -0.490. The Bertz CT molecular complexity index is 269. The number of hydrogen-bond acceptors (Lipinski definition) is 3. The smallest absolute Gasteiger partial charge is 0.267 e. The summed E-state index contributed by atoms with van der Waals surface area (Å²) in [6, 6.07) is 5.60. The third-order valence-corrected chi connectivity index (χ3v) is 1.54. The van der Waals surface area contributed by atoms with Crippen molar-refractivity contribution in [3.63, 3.8) is 0 Å². The highest BCUT2D eigenvalue weighted by molar-refractivity contribution is 5.90. The van der Waals surface area contributed by atoms with Crippen molar-refractivity contribution in [3.8, 4) is 0 Å². The van der Waals surface area contributed by atoms with E-state index in [0.29, 0.717) is 11.7 Å². The SMILES string of the molecule is NC(=O)c1ccccn1.NC1CC1. The first-order chi connectivity index (χ1) is 6.20. The predicted octanol–water partition coefficient (Wildman–Crippen LogP) is 0.288. The molecule has 0 unspecified atom stereocenters. The van der Waals surface area contributed by atoms with E-state index in [1.807, 2.05) is 0 Å². The van der Waals surface area contributed by atoms with Gasteiger partial charge in [0.1, 0.15) is 5.69 Å². The van der Waals surface area contributed by atoms with Crippen LogP contribution in [0.5, 0.6) is 0 Å². The lowest BCUT2D eigenvalue weighted by molar-refractivity contribution is 0.0995. The molecule has 4 heteroatoms. The first kappa shape index (κ1) is 9.67. The van der Waals surface area contributed by atoms with Crippen LogP contribution in [0.3, 0.4) is 0 Å². The Hall–Kier alpha value is -1.42. The Labute approximate surface area is 77.0 Å². The van der Waals surface area contributed by atoms with Gasteiger partial charge in [-0.3, -0.25) is 9.78 Å². The molecule has 1 aliphatic rings. The second-order valence-corrected chi connectivity index (χ2v) is 2.92. The third-order valence-electron chi connectivity index (χ3n) is 1.54. The van der Waals surface area contributed by atoms with Crippen molar-refractivity contribution < 1.29 is 4.79 Å². The maximum atomic E-state index is 10.4. The molecule has 4 N–H and O–H groups in total. The Morgan fingerprint density at radius 2 is 2.08 bits per heavy atom. The highest BCUT2D eigenvalue weighted by atomic mass is 16.1. The zero-order chi connectivity index (χ0) is 9.68. The van der Waals surface area contributed by atoms with Gasteiger partial charge in [-0.15, -0.1) is 0 Å². The van der Waals surface area contributed by atoms with E-state index in [0.717, 1.165) is 0 Å². The van der Waals surface area contributed by atoms with Crippen LogP contribution in [0.25, 0.3) is 0 Å². The van der Waals surface area contributed by atoms with Crippen molar-refractivity contribution >= 4 is 5.91 Å². The van der Waals surface area contributed by atoms with E-state index < -0.39 is 5.91 Å². The molecule has 1 heterocycles. The molecule has 2 rings (SSSR count). The van der Waals surface area contributed by atoms with Crippen LogP contribution < -0.4 is 11.5 Å². The molecule has 0 atom stereocenters. The molecule has 0 saturated heterocycles. The van der Waals surface area contributed by atoms with Gasteiger partial charge in [0.15, 0.2) is 0 Å². The molecule has 1 saturated carbocycles. The standard InChI is InChI=1S/C6H6N2O.C3H7N/c7-6(9)5-3-1-2-4-8-5;4-3-1-2-3/h1-4H,(H2,7,9);3H,1-2,4H2. The van der Waals surface area contributed by atoms with Crippen LogP contribution >= 0.6 is 0 Å². The summed E-state index contributed by atoms with van der Waals surface area (Å²) < 4.78 is 0. The van der Waals surface area contributed by atoms with Gasteiger partial charge >= 0.3 is 0 Å². The molecular formula is C9H13N3O. The van der Waals surface area contributed by atoms with Crippen LogP contribution in [0.1, 0.15) is 23.3 Å². The molecule has 13 heavy (non-hydrogen) atoms. The number of hydrogen-bond donors (Lipinski definition) is 2. The number of pyridine rings is 1. The van der Waals surface area contributed by atoms with Gasteiger partial charge in [-0.25, -0.2) is 0 Å². The van der Waals surface area contributed by atoms with E-state index in [1.54, 1.807) is 18.2 Å². The van der Waals surface area contributed by atoms with Crippen molar-refractivity contribution in [1.82, 2.24) is 4.98 Å². The molecule has 1 aromatic rings. The number of aromatic nitrogens is 1. The molecule has 0 radical (unpaired) electrons. The van der Waals surface area contributed by atoms with Gasteiger partial charge in [-0.05, 0) is 25.0 Å². The van der Waals surface area contributed by atoms with E-state index in [2.05, 4.69) is 4.98 Å². The van der Waals surface area contributed by atoms with E-state index >= 15 is 0 Å².